The molecule has 0 spiro atoms. The predicted octanol–water partition coefficient (Wildman–Crippen LogP) is 3.16. The molecule has 2 N–H and O–H groups in total. The standard InChI is InChI=1S/C13H15ClN4O/c1-3-4-11-17-12(15)8(2)13(18-11)19-10-5-9(14)6-16-7-10/h5-7H,3-4H2,1-2H3,(H2,15,17,18). The molecule has 0 fully saturated rings. The second kappa shape index (κ2) is 5.84. The van der Waals surface area contributed by atoms with Crippen LogP contribution in [0.5, 0.6) is 11.6 Å². The van der Waals surface area contributed by atoms with Crippen molar-refractivity contribution in [3.05, 3.63) is 34.9 Å². The zero-order chi connectivity index (χ0) is 13.8. The second-order valence-corrected chi connectivity index (χ2v) is 4.58. The lowest BCUT2D eigenvalue weighted by molar-refractivity contribution is 0.452. The van der Waals surface area contributed by atoms with Gasteiger partial charge in [0.25, 0.3) is 0 Å². The smallest absolute Gasteiger partial charge is 0.227 e. The fourth-order valence-corrected chi connectivity index (χ4v) is 1.72. The van der Waals surface area contributed by atoms with E-state index in [2.05, 4.69) is 21.9 Å². The number of hydrogen-bond donors (Lipinski definition) is 1. The highest BCUT2D eigenvalue weighted by Gasteiger charge is 2.11. The number of anilines is 1. The summed E-state index contributed by atoms with van der Waals surface area (Å²) in [5.41, 5.74) is 6.57. The van der Waals surface area contributed by atoms with Gasteiger partial charge in [0.2, 0.25) is 5.88 Å². The maximum atomic E-state index is 5.86. The summed E-state index contributed by atoms with van der Waals surface area (Å²) in [5, 5.41) is 0.506. The van der Waals surface area contributed by atoms with Crippen LogP contribution in [0.4, 0.5) is 5.82 Å². The highest BCUT2D eigenvalue weighted by atomic mass is 35.5. The molecule has 2 aromatic heterocycles. The average Bonchev–Trinajstić information content (AvgIpc) is 2.36. The number of aromatic nitrogens is 3. The molecule has 2 rings (SSSR count). The first-order valence-electron chi connectivity index (χ1n) is 6.01. The Morgan fingerprint density at radius 2 is 2.11 bits per heavy atom. The van der Waals surface area contributed by atoms with Crippen molar-refractivity contribution in [3.63, 3.8) is 0 Å². The lowest BCUT2D eigenvalue weighted by atomic mass is 10.3. The molecule has 5 nitrogen and oxygen atoms in total. The van der Waals surface area contributed by atoms with Gasteiger partial charge in [-0.1, -0.05) is 18.5 Å². The van der Waals surface area contributed by atoms with Crippen molar-refractivity contribution >= 4 is 17.4 Å². The predicted molar refractivity (Wildman–Crippen MR) is 74.5 cm³/mol. The Balaban J connectivity index is 2.33. The van der Waals surface area contributed by atoms with Gasteiger partial charge in [-0.05, 0) is 13.3 Å². The van der Waals surface area contributed by atoms with Crippen molar-refractivity contribution in [2.75, 3.05) is 5.73 Å². The molecule has 0 aliphatic heterocycles. The molecule has 0 atom stereocenters. The molecule has 0 aromatic carbocycles. The molecular weight excluding hydrogens is 264 g/mol. The summed E-state index contributed by atoms with van der Waals surface area (Å²) in [6, 6.07) is 1.67. The lowest BCUT2D eigenvalue weighted by Crippen LogP contribution is -2.05. The summed E-state index contributed by atoms with van der Waals surface area (Å²) in [6.45, 7) is 3.87. The zero-order valence-corrected chi connectivity index (χ0v) is 11.6. The van der Waals surface area contributed by atoms with E-state index >= 15 is 0 Å². The van der Waals surface area contributed by atoms with Crippen LogP contribution in [0, 0.1) is 6.92 Å². The Labute approximate surface area is 116 Å². The van der Waals surface area contributed by atoms with E-state index in [1.807, 2.05) is 6.92 Å². The molecule has 2 aromatic rings. The van der Waals surface area contributed by atoms with Crippen molar-refractivity contribution in [3.8, 4) is 11.6 Å². The summed E-state index contributed by atoms with van der Waals surface area (Å²) in [7, 11) is 0. The van der Waals surface area contributed by atoms with E-state index < -0.39 is 0 Å². The first-order valence-corrected chi connectivity index (χ1v) is 6.39. The van der Waals surface area contributed by atoms with E-state index in [-0.39, 0.29) is 0 Å². The van der Waals surface area contributed by atoms with Crippen LogP contribution in [-0.2, 0) is 6.42 Å². The summed E-state index contributed by atoms with van der Waals surface area (Å²) in [6.07, 6.45) is 4.82. The first kappa shape index (κ1) is 13.5. The van der Waals surface area contributed by atoms with E-state index in [1.54, 1.807) is 12.3 Å². The molecular formula is C13H15ClN4O. The molecule has 0 bridgehead atoms. The molecule has 2 heterocycles. The van der Waals surface area contributed by atoms with Crippen molar-refractivity contribution in [2.45, 2.75) is 26.7 Å². The number of aryl methyl sites for hydroxylation is 1. The number of pyridine rings is 1. The van der Waals surface area contributed by atoms with Crippen LogP contribution in [0.3, 0.4) is 0 Å². The van der Waals surface area contributed by atoms with Gasteiger partial charge in [-0.2, -0.15) is 4.98 Å². The van der Waals surface area contributed by atoms with Crippen molar-refractivity contribution in [1.29, 1.82) is 0 Å². The number of nitrogens with zero attached hydrogens (tertiary/aromatic N) is 3. The van der Waals surface area contributed by atoms with Gasteiger partial charge >= 0.3 is 0 Å². The number of ether oxygens (including phenoxy) is 1. The Morgan fingerprint density at radius 3 is 2.79 bits per heavy atom. The van der Waals surface area contributed by atoms with Crippen LogP contribution in [0.1, 0.15) is 24.7 Å². The van der Waals surface area contributed by atoms with Crippen LogP contribution < -0.4 is 10.5 Å². The van der Waals surface area contributed by atoms with Crippen molar-refractivity contribution < 1.29 is 4.74 Å². The van der Waals surface area contributed by atoms with Gasteiger partial charge in [-0.25, -0.2) is 4.98 Å². The highest BCUT2D eigenvalue weighted by molar-refractivity contribution is 6.30. The first-order chi connectivity index (χ1) is 9.10. The topological polar surface area (TPSA) is 73.9 Å². The van der Waals surface area contributed by atoms with Gasteiger partial charge in [0, 0.05) is 18.7 Å². The number of nitrogens with two attached hydrogens (primary N) is 1. The Morgan fingerprint density at radius 1 is 1.32 bits per heavy atom. The lowest BCUT2D eigenvalue weighted by Gasteiger charge is -2.10. The fourth-order valence-electron chi connectivity index (χ4n) is 1.55. The SMILES string of the molecule is CCCc1nc(N)c(C)c(Oc2cncc(Cl)c2)n1. The Kier molecular flexibility index (Phi) is 4.16. The maximum absolute atomic E-state index is 5.86. The molecule has 0 aliphatic rings. The summed E-state index contributed by atoms with van der Waals surface area (Å²) in [5.74, 6) is 2.08. The molecule has 0 amide bonds. The van der Waals surface area contributed by atoms with E-state index in [0.29, 0.717) is 33.9 Å². The minimum absolute atomic E-state index is 0.434. The number of hydrogen-bond acceptors (Lipinski definition) is 5. The van der Waals surface area contributed by atoms with Gasteiger partial charge in [0.05, 0.1) is 16.8 Å². The minimum atomic E-state index is 0.434. The van der Waals surface area contributed by atoms with Crippen LogP contribution >= 0.6 is 11.6 Å². The molecule has 0 unspecified atom stereocenters. The average molecular weight is 279 g/mol. The van der Waals surface area contributed by atoms with Crippen LogP contribution in [0.2, 0.25) is 5.02 Å². The zero-order valence-electron chi connectivity index (χ0n) is 10.9. The number of rotatable bonds is 4. The Hall–Kier alpha value is -1.88. The van der Waals surface area contributed by atoms with Gasteiger partial charge in [0.1, 0.15) is 17.4 Å². The third-order valence-corrected chi connectivity index (χ3v) is 2.76. The van der Waals surface area contributed by atoms with Crippen LogP contribution in [-0.4, -0.2) is 15.0 Å². The van der Waals surface area contributed by atoms with E-state index in [0.717, 1.165) is 12.8 Å². The van der Waals surface area contributed by atoms with Crippen LogP contribution in [0.25, 0.3) is 0 Å². The van der Waals surface area contributed by atoms with E-state index in [4.69, 9.17) is 22.1 Å². The second-order valence-electron chi connectivity index (χ2n) is 4.15. The largest absolute Gasteiger partial charge is 0.437 e. The van der Waals surface area contributed by atoms with E-state index in [1.165, 1.54) is 6.20 Å². The quantitative estimate of drug-likeness (QED) is 0.930. The normalized spacial score (nSPS) is 10.5. The van der Waals surface area contributed by atoms with Gasteiger partial charge in [0.15, 0.2) is 0 Å². The maximum Gasteiger partial charge on any atom is 0.227 e. The molecule has 19 heavy (non-hydrogen) atoms. The molecule has 0 saturated carbocycles. The van der Waals surface area contributed by atoms with Crippen LogP contribution in [0.15, 0.2) is 18.5 Å². The van der Waals surface area contributed by atoms with Gasteiger partial charge < -0.3 is 10.5 Å². The highest BCUT2D eigenvalue weighted by Crippen LogP contribution is 2.26. The third-order valence-electron chi connectivity index (χ3n) is 2.55. The molecule has 0 radical (unpaired) electrons. The number of halogens is 1. The minimum Gasteiger partial charge on any atom is -0.437 e. The molecule has 0 aliphatic carbocycles. The number of nitrogen functional groups attached to an aromatic ring is 1. The molecule has 0 saturated heterocycles. The fraction of sp³-hybridized carbons (Fsp3) is 0.308. The van der Waals surface area contributed by atoms with Crippen molar-refractivity contribution in [1.82, 2.24) is 15.0 Å². The van der Waals surface area contributed by atoms with Crippen molar-refractivity contribution in [2.24, 2.45) is 0 Å². The monoisotopic (exact) mass is 278 g/mol. The van der Waals surface area contributed by atoms with E-state index in [9.17, 15) is 0 Å². The molecule has 6 heteroatoms. The molecule has 100 valence electrons. The van der Waals surface area contributed by atoms with Gasteiger partial charge in [-0.15, -0.1) is 0 Å². The van der Waals surface area contributed by atoms with Gasteiger partial charge in [-0.3, -0.25) is 4.98 Å². The summed E-state index contributed by atoms with van der Waals surface area (Å²) < 4.78 is 5.68. The Bertz CT molecular complexity index is 589. The summed E-state index contributed by atoms with van der Waals surface area (Å²) in [4.78, 5) is 12.6. The third kappa shape index (κ3) is 3.32. The summed E-state index contributed by atoms with van der Waals surface area (Å²) >= 11 is 5.86.